The molecule has 0 spiro atoms. The molecule has 0 aliphatic heterocycles. The SMILES string of the molecule is Cn1cc(-c2nn(C3CCCC3)cc2C=O)cn1. The summed E-state index contributed by atoms with van der Waals surface area (Å²) in [6.45, 7) is 0. The maximum Gasteiger partial charge on any atom is 0.153 e. The van der Waals surface area contributed by atoms with Gasteiger partial charge in [0.25, 0.3) is 0 Å². The Morgan fingerprint density at radius 1 is 1.33 bits per heavy atom. The van der Waals surface area contributed by atoms with Gasteiger partial charge in [0.05, 0.1) is 17.8 Å². The van der Waals surface area contributed by atoms with Crippen molar-refractivity contribution in [3.63, 3.8) is 0 Å². The van der Waals surface area contributed by atoms with Crippen molar-refractivity contribution in [2.45, 2.75) is 31.7 Å². The van der Waals surface area contributed by atoms with Crippen LogP contribution in [0.5, 0.6) is 0 Å². The molecule has 1 aliphatic rings. The van der Waals surface area contributed by atoms with Crippen molar-refractivity contribution in [1.29, 1.82) is 0 Å². The molecule has 0 bridgehead atoms. The second kappa shape index (κ2) is 4.40. The van der Waals surface area contributed by atoms with E-state index in [-0.39, 0.29) is 0 Å². The Bertz CT molecular complexity index is 563. The zero-order valence-corrected chi connectivity index (χ0v) is 10.4. The number of carbonyl (C=O) groups is 1. The molecule has 0 unspecified atom stereocenters. The number of aldehydes is 1. The highest BCUT2D eigenvalue weighted by Gasteiger charge is 2.20. The molecule has 0 amide bonds. The number of aryl methyl sites for hydroxylation is 1. The zero-order valence-electron chi connectivity index (χ0n) is 10.4. The highest BCUT2D eigenvalue weighted by atomic mass is 16.1. The van der Waals surface area contributed by atoms with E-state index < -0.39 is 0 Å². The fourth-order valence-corrected chi connectivity index (χ4v) is 2.62. The molecule has 1 saturated carbocycles. The van der Waals surface area contributed by atoms with E-state index in [0.717, 1.165) is 30.4 Å². The monoisotopic (exact) mass is 244 g/mol. The summed E-state index contributed by atoms with van der Waals surface area (Å²) in [6.07, 6.45) is 11.2. The largest absolute Gasteiger partial charge is 0.298 e. The van der Waals surface area contributed by atoms with Crippen molar-refractivity contribution in [2.75, 3.05) is 0 Å². The summed E-state index contributed by atoms with van der Waals surface area (Å²) < 4.78 is 3.68. The highest BCUT2D eigenvalue weighted by Crippen LogP contribution is 2.31. The number of hydrogen-bond acceptors (Lipinski definition) is 3. The Morgan fingerprint density at radius 3 is 2.72 bits per heavy atom. The molecule has 1 fully saturated rings. The van der Waals surface area contributed by atoms with Crippen LogP contribution in [-0.2, 0) is 7.05 Å². The molecule has 5 nitrogen and oxygen atoms in total. The summed E-state index contributed by atoms with van der Waals surface area (Å²) in [7, 11) is 1.86. The summed E-state index contributed by atoms with van der Waals surface area (Å²) in [5.41, 5.74) is 2.29. The Kier molecular flexibility index (Phi) is 2.74. The first-order valence-electron chi connectivity index (χ1n) is 6.31. The molecule has 2 aromatic heterocycles. The second-order valence-electron chi connectivity index (χ2n) is 4.87. The standard InChI is InChI=1S/C13H16N4O/c1-16-7-10(6-14-16)13-11(9-18)8-17(15-13)12-4-2-3-5-12/h6-9,12H,2-5H2,1H3. The van der Waals surface area contributed by atoms with Crippen LogP contribution in [0.25, 0.3) is 11.3 Å². The van der Waals surface area contributed by atoms with Gasteiger partial charge in [-0.25, -0.2) is 0 Å². The van der Waals surface area contributed by atoms with Gasteiger partial charge in [-0.3, -0.25) is 14.2 Å². The molecule has 5 heteroatoms. The molecule has 3 rings (SSSR count). The van der Waals surface area contributed by atoms with E-state index in [4.69, 9.17) is 0 Å². The molecular weight excluding hydrogens is 228 g/mol. The van der Waals surface area contributed by atoms with E-state index in [1.54, 1.807) is 10.9 Å². The second-order valence-corrected chi connectivity index (χ2v) is 4.87. The summed E-state index contributed by atoms with van der Waals surface area (Å²) >= 11 is 0. The molecule has 0 N–H and O–H groups in total. The third-order valence-corrected chi connectivity index (χ3v) is 3.56. The Hall–Kier alpha value is -1.91. The average molecular weight is 244 g/mol. The average Bonchev–Trinajstić information content (AvgIpc) is 3.07. The third-order valence-electron chi connectivity index (χ3n) is 3.56. The zero-order chi connectivity index (χ0) is 12.5. The van der Waals surface area contributed by atoms with Crippen LogP contribution in [0.1, 0.15) is 42.1 Å². The van der Waals surface area contributed by atoms with Gasteiger partial charge in [-0.05, 0) is 12.8 Å². The van der Waals surface area contributed by atoms with Crippen LogP contribution in [0.2, 0.25) is 0 Å². The lowest BCUT2D eigenvalue weighted by Gasteiger charge is -2.08. The van der Waals surface area contributed by atoms with Crippen LogP contribution in [0.15, 0.2) is 18.6 Å². The molecule has 2 aromatic rings. The van der Waals surface area contributed by atoms with Crippen molar-refractivity contribution < 1.29 is 4.79 Å². The number of carbonyl (C=O) groups excluding carboxylic acids is 1. The van der Waals surface area contributed by atoms with Gasteiger partial charge in [-0.15, -0.1) is 0 Å². The van der Waals surface area contributed by atoms with Gasteiger partial charge < -0.3 is 0 Å². The van der Waals surface area contributed by atoms with E-state index in [1.165, 1.54) is 12.8 Å². The molecule has 0 aromatic carbocycles. The van der Waals surface area contributed by atoms with E-state index in [0.29, 0.717) is 11.6 Å². The molecular formula is C13H16N4O. The van der Waals surface area contributed by atoms with Gasteiger partial charge in [0.2, 0.25) is 0 Å². The summed E-state index contributed by atoms with van der Waals surface area (Å²) in [6, 6.07) is 0.453. The fourth-order valence-electron chi connectivity index (χ4n) is 2.62. The van der Waals surface area contributed by atoms with Gasteiger partial charge >= 0.3 is 0 Å². The lowest BCUT2D eigenvalue weighted by Crippen LogP contribution is -2.04. The molecule has 0 atom stereocenters. The fraction of sp³-hybridized carbons (Fsp3) is 0.462. The van der Waals surface area contributed by atoms with Crippen LogP contribution in [0.3, 0.4) is 0 Å². The van der Waals surface area contributed by atoms with E-state index >= 15 is 0 Å². The van der Waals surface area contributed by atoms with Crippen LogP contribution in [0, 0.1) is 0 Å². The number of hydrogen-bond donors (Lipinski definition) is 0. The predicted octanol–water partition coefficient (Wildman–Crippen LogP) is 2.21. The normalized spacial score (nSPS) is 16.3. The number of rotatable bonds is 3. The van der Waals surface area contributed by atoms with Crippen LogP contribution in [0.4, 0.5) is 0 Å². The quantitative estimate of drug-likeness (QED) is 0.778. The summed E-state index contributed by atoms with van der Waals surface area (Å²) in [4.78, 5) is 11.2. The van der Waals surface area contributed by atoms with Crippen molar-refractivity contribution in [1.82, 2.24) is 19.6 Å². The molecule has 18 heavy (non-hydrogen) atoms. The van der Waals surface area contributed by atoms with Gasteiger partial charge in [-0.2, -0.15) is 10.2 Å². The van der Waals surface area contributed by atoms with Gasteiger partial charge in [-0.1, -0.05) is 12.8 Å². The van der Waals surface area contributed by atoms with Gasteiger partial charge in [0.1, 0.15) is 5.69 Å². The van der Waals surface area contributed by atoms with E-state index in [1.807, 2.05) is 24.1 Å². The maximum atomic E-state index is 11.2. The highest BCUT2D eigenvalue weighted by molar-refractivity contribution is 5.85. The van der Waals surface area contributed by atoms with Crippen LogP contribution in [-0.4, -0.2) is 25.8 Å². The van der Waals surface area contributed by atoms with E-state index in [9.17, 15) is 4.79 Å². The minimum atomic E-state index is 0.453. The predicted molar refractivity (Wildman–Crippen MR) is 67.3 cm³/mol. The Balaban J connectivity index is 2.00. The maximum absolute atomic E-state index is 11.2. The summed E-state index contributed by atoms with van der Waals surface area (Å²) in [5.74, 6) is 0. The van der Waals surface area contributed by atoms with Crippen molar-refractivity contribution >= 4 is 6.29 Å². The Morgan fingerprint density at radius 2 is 2.11 bits per heavy atom. The minimum absolute atomic E-state index is 0.453. The lowest BCUT2D eigenvalue weighted by atomic mass is 10.2. The topological polar surface area (TPSA) is 52.7 Å². The van der Waals surface area contributed by atoms with Crippen molar-refractivity contribution in [3.8, 4) is 11.3 Å². The van der Waals surface area contributed by atoms with Gasteiger partial charge in [0.15, 0.2) is 6.29 Å². The van der Waals surface area contributed by atoms with Crippen LogP contribution < -0.4 is 0 Å². The number of aromatic nitrogens is 4. The lowest BCUT2D eigenvalue weighted by molar-refractivity contribution is 0.112. The van der Waals surface area contributed by atoms with E-state index in [2.05, 4.69) is 10.2 Å². The molecule has 0 radical (unpaired) electrons. The third kappa shape index (κ3) is 1.85. The smallest absolute Gasteiger partial charge is 0.153 e. The minimum Gasteiger partial charge on any atom is -0.298 e. The molecule has 0 saturated heterocycles. The van der Waals surface area contributed by atoms with Crippen LogP contribution >= 0.6 is 0 Å². The Labute approximate surface area is 105 Å². The van der Waals surface area contributed by atoms with Crippen molar-refractivity contribution in [2.24, 2.45) is 7.05 Å². The van der Waals surface area contributed by atoms with Crippen molar-refractivity contribution in [3.05, 3.63) is 24.2 Å². The molecule has 94 valence electrons. The number of nitrogens with zero attached hydrogens (tertiary/aromatic N) is 4. The first kappa shape index (κ1) is 11.2. The summed E-state index contributed by atoms with van der Waals surface area (Å²) in [5, 5.41) is 8.71. The molecule has 2 heterocycles. The first-order chi connectivity index (χ1) is 8.78. The van der Waals surface area contributed by atoms with Gasteiger partial charge in [0, 0.05) is 25.0 Å². The first-order valence-corrected chi connectivity index (χ1v) is 6.31. The molecule has 1 aliphatic carbocycles.